The average molecular weight is 493 g/mol. The molecule has 0 unspecified atom stereocenters. The molecular weight excluding hydrogens is 447 g/mol. The Labute approximate surface area is 213 Å². The quantitative estimate of drug-likeness (QED) is 0.426. The molecular formula is C32H45O2P. The fraction of sp³-hybridized carbons (Fsp3) is 0.688. The summed E-state index contributed by atoms with van der Waals surface area (Å²) >= 11 is 0. The van der Waals surface area contributed by atoms with Gasteiger partial charge in [-0.25, -0.2) is 0 Å². The third-order valence-electron chi connectivity index (χ3n) is 10.3. The van der Waals surface area contributed by atoms with Crippen LogP contribution in [0.4, 0.5) is 0 Å². The van der Waals surface area contributed by atoms with Gasteiger partial charge in [0, 0.05) is 23.3 Å². The minimum Gasteiger partial charge on any atom is -0.377 e. The van der Waals surface area contributed by atoms with Gasteiger partial charge in [-0.05, 0) is 105 Å². The van der Waals surface area contributed by atoms with Crippen LogP contribution in [0.25, 0.3) is 5.57 Å². The standard InChI is InChI=1S/C32H45O2P/c33-32(35(34,26-15-3-1-4-16-26)27-17-5-2-6-18-27)23-22-25-13-8-10-20-29(25)31(32)30-21-11-14-24-12-7-9-19-28(24)30/h11,14,21-22,26-27,33H,1-10,12-13,15-20,23H2/t32-/m1/s1. The molecule has 5 aliphatic carbocycles. The van der Waals surface area contributed by atoms with Gasteiger partial charge in [0.2, 0.25) is 0 Å². The normalized spacial score (nSPS) is 28.9. The van der Waals surface area contributed by atoms with E-state index in [1.807, 2.05) is 0 Å². The maximum atomic E-state index is 15.9. The molecule has 1 aromatic rings. The number of rotatable bonds is 4. The molecule has 1 N–H and O–H groups in total. The Balaban J connectivity index is 1.57. The first-order valence-electron chi connectivity index (χ1n) is 15.0. The van der Waals surface area contributed by atoms with Crippen LogP contribution in [0.5, 0.6) is 0 Å². The highest BCUT2D eigenvalue weighted by atomic mass is 31.2. The Morgan fingerprint density at radius 3 is 2.09 bits per heavy atom. The molecule has 190 valence electrons. The molecule has 0 heterocycles. The molecule has 2 nitrogen and oxygen atoms in total. The van der Waals surface area contributed by atoms with E-state index in [1.165, 1.54) is 92.0 Å². The van der Waals surface area contributed by atoms with Gasteiger partial charge in [-0.1, -0.05) is 62.8 Å². The average Bonchev–Trinajstić information content (AvgIpc) is 2.93. The minimum atomic E-state index is -2.93. The summed E-state index contributed by atoms with van der Waals surface area (Å²) in [5.41, 5.74) is 8.62. The van der Waals surface area contributed by atoms with Crippen molar-refractivity contribution in [3.8, 4) is 0 Å². The highest BCUT2D eigenvalue weighted by molar-refractivity contribution is 7.67. The summed E-state index contributed by atoms with van der Waals surface area (Å²) in [6.07, 6.45) is 23.8. The molecule has 3 fully saturated rings. The van der Waals surface area contributed by atoms with Crippen molar-refractivity contribution in [3.05, 3.63) is 52.1 Å². The largest absolute Gasteiger partial charge is 0.377 e. The summed E-state index contributed by atoms with van der Waals surface area (Å²) in [6.45, 7) is 0. The maximum absolute atomic E-state index is 15.9. The molecule has 0 spiro atoms. The molecule has 5 aliphatic rings. The highest BCUT2D eigenvalue weighted by Gasteiger charge is 2.58. The molecule has 0 aliphatic heterocycles. The fourth-order valence-electron chi connectivity index (χ4n) is 8.59. The Morgan fingerprint density at radius 2 is 1.37 bits per heavy atom. The van der Waals surface area contributed by atoms with Crippen LogP contribution < -0.4 is 0 Å². The van der Waals surface area contributed by atoms with Crippen LogP contribution in [-0.4, -0.2) is 21.8 Å². The Bertz CT molecular complexity index is 1030. The summed E-state index contributed by atoms with van der Waals surface area (Å²) in [7, 11) is -2.93. The van der Waals surface area contributed by atoms with Gasteiger partial charge >= 0.3 is 0 Å². The van der Waals surface area contributed by atoms with E-state index >= 15 is 4.57 Å². The Hall–Kier alpha value is -1.11. The molecule has 1 aromatic carbocycles. The minimum absolute atomic E-state index is 0.207. The lowest BCUT2D eigenvalue weighted by atomic mass is 9.75. The zero-order valence-electron chi connectivity index (χ0n) is 21.7. The van der Waals surface area contributed by atoms with Crippen molar-refractivity contribution in [2.24, 2.45) is 0 Å². The van der Waals surface area contributed by atoms with E-state index in [4.69, 9.17) is 0 Å². The Kier molecular flexibility index (Phi) is 6.91. The third kappa shape index (κ3) is 4.06. The van der Waals surface area contributed by atoms with Crippen LogP contribution in [0.1, 0.15) is 126 Å². The topological polar surface area (TPSA) is 37.3 Å². The highest BCUT2D eigenvalue weighted by Crippen LogP contribution is 2.75. The van der Waals surface area contributed by atoms with Crippen LogP contribution in [0.3, 0.4) is 0 Å². The number of allylic oxidation sites excluding steroid dienone is 2. The van der Waals surface area contributed by atoms with Gasteiger partial charge in [0.15, 0.2) is 0 Å². The molecule has 3 saturated carbocycles. The lowest BCUT2D eigenvalue weighted by Gasteiger charge is -2.50. The van der Waals surface area contributed by atoms with Crippen LogP contribution in [0.2, 0.25) is 0 Å². The number of hydrogen-bond donors (Lipinski definition) is 1. The molecule has 0 amide bonds. The number of aliphatic hydroxyl groups is 1. The number of hydrogen-bond acceptors (Lipinski definition) is 2. The van der Waals surface area contributed by atoms with Crippen molar-refractivity contribution in [1.82, 2.24) is 0 Å². The monoisotopic (exact) mass is 492 g/mol. The second-order valence-corrected chi connectivity index (χ2v) is 15.9. The van der Waals surface area contributed by atoms with Crippen LogP contribution in [0, 0.1) is 0 Å². The predicted octanol–water partition coefficient (Wildman–Crippen LogP) is 8.94. The lowest BCUT2D eigenvalue weighted by molar-refractivity contribution is 0.174. The molecule has 0 aromatic heterocycles. The number of benzene rings is 1. The summed E-state index contributed by atoms with van der Waals surface area (Å²) in [4.78, 5) is 0. The summed E-state index contributed by atoms with van der Waals surface area (Å²) in [5.74, 6) is 0. The van der Waals surface area contributed by atoms with Crippen molar-refractivity contribution in [2.45, 2.75) is 139 Å². The predicted molar refractivity (Wildman–Crippen MR) is 147 cm³/mol. The molecule has 1 atom stereocenters. The molecule has 0 saturated heterocycles. The molecule has 0 bridgehead atoms. The summed E-state index contributed by atoms with van der Waals surface area (Å²) in [5, 5.41) is 12.0. The van der Waals surface area contributed by atoms with Gasteiger partial charge in [-0.15, -0.1) is 0 Å². The second kappa shape index (κ2) is 9.98. The van der Waals surface area contributed by atoms with Crippen molar-refractivity contribution in [3.63, 3.8) is 0 Å². The van der Waals surface area contributed by atoms with Crippen molar-refractivity contribution in [1.29, 1.82) is 0 Å². The van der Waals surface area contributed by atoms with Crippen molar-refractivity contribution >= 4 is 12.7 Å². The van der Waals surface area contributed by atoms with Crippen molar-refractivity contribution in [2.75, 3.05) is 0 Å². The SMILES string of the molecule is O=P(C1CCCCC1)(C1CCCCC1)[C@]1(O)CC=C2CCCCC2=C1c1cccc2c1CCCC2. The molecule has 3 heteroatoms. The van der Waals surface area contributed by atoms with Crippen LogP contribution >= 0.6 is 7.14 Å². The fourth-order valence-corrected chi connectivity index (χ4v) is 13.6. The van der Waals surface area contributed by atoms with Gasteiger partial charge in [-0.2, -0.15) is 0 Å². The van der Waals surface area contributed by atoms with Gasteiger partial charge in [0.05, 0.1) is 0 Å². The molecule has 6 rings (SSSR count). The third-order valence-corrected chi connectivity index (χ3v) is 15.1. The van der Waals surface area contributed by atoms with E-state index in [9.17, 15) is 5.11 Å². The summed E-state index contributed by atoms with van der Waals surface area (Å²) < 4.78 is 15.9. The van der Waals surface area contributed by atoms with E-state index in [0.29, 0.717) is 6.42 Å². The first-order chi connectivity index (χ1) is 17.1. The molecule has 35 heavy (non-hydrogen) atoms. The van der Waals surface area contributed by atoms with Crippen LogP contribution in [-0.2, 0) is 17.4 Å². The smallest absolute Gasteiger partial charge is 0.147 e. The zero-order chi connectivity index (χ0) is 23.9. The van der Waals surface area contributed by atoms with E-state index in [2.05, 4.69) is 24.3 Å². The van der Waals surface area contributed by atoms with E-state index < -0.39 is 12.5 Å². The van der Waals surface area contributed by atoms with E-state index in [1.54, 1.807) is 0 Å². The zero-order valence-corrected chi connectivity index (χ0v) is 22.6. The van der Waals surface area contributed by atoms with Crippen molar-refractivity contribution < 1.29 is 9.67 Å². The first kappa shape index (κ1) is 24.2. The van der Waals surface area contributed by atoms with Gasteiger partial charge in [0.1, 0.15) is 12.5 Å². The van der Waals surface area contributed by atoms with E-state index in [-0.39, 0.29) is 11.3 Å². The van der Waals surface area contributed by atoms with Gasteiger partial charge in [0.25, 0.3) is 0 Å². The number of aryl methyl sites for hydroxylation is 1. The summed E-state index contributed by atoms with van der Waals surface area (Å²) in [6, 6.07) is 6.83. The Morgan fingerprint density at radius 1 is 0.743 bits per heavy atom. The van der Waals surface area contributed by atoms with Gasteiger partial charge < -0.3 is 9.67 Å². The first-order valence-corrected chi connectivity index (χ1v) is 16.8. The van der Waals surface area contributed by atoms with E-state index in [0.717, 1.165) is 56.9 Å². The van der Waals surface area contributed by atoms with Crippen LogP contribution in [0.15, 0.2) is 35.4 Å². The number of fused-ring (bicyclic) bond motifs is 2. The second-order valence-electron chi connectivity index (χ2n) is 12.3. The maximum Gasteiger partial charge on any atom is 0.147 e. The van der Waals surface area contributed by atoms with Gasteiger partial charge in [-0.3, -0.25) is 0 Å². The lowest BCUT2D eigenvalue weighted by Crippen LogP contribution is -2.42. The molecule has 0 radical (unpaired) electrons.